The lowest BCUT2D eigenvalue weighted by Gasteiger charge is -2.27. The number of halogens is 1. The van der Waals surface area contributed by atoms with E-state index in [4.69, 9.17) is 14.3 Å². The first kappa shape index (κ1) is 21.6. The lowest BCUT2D eigenvalue weighted by atomic mass is 10.1. The zero-order valence-corrected chi connectivity index (χ0v) is 17.8. The van der Waals surface area contributed by atoms with Crippen LogP contribution in [0.1, 0.15) is 32.3 Å². The molecule has 9 heteroatoms. The molecule has 0 spiro atoms. The Bertz CT molecular complexity index is 926. The van der Waals surface area contributed by atoms with Crippen LogP contribution in [0.2, 0.25) is 0 Å². The van der Waals surface area contributed by atoms with E-state index in [0.717, 1.165) is 31.6 Å². The van der Waals surface area contributed by atoms with E-state index in [2.05, 4.69) is 20.0 Å². The molecule has 0 amide bonds. The average molecular weight is 430 g/mol. The van der Waals surface area contributed by atoms with E-state index in [1.807, 2.05) is 13.8 Å². The molecule has 1 atom stereocenters. The number of aliphatic hydroxyl groups is 1. The van der Waals surface area contributed by atoms with Crippen molar-refractivity contribution in [2.75, 3.05) is 31.2 Å². The van der Waals surface area contributed by atoms with Crippen molar-refractivity contribution in [3.63, 3.8) is 0 Å². The number of hydrogen-bond donors (Lipinski definition) is 1. The van der Waals surface area contributed by atoms with E-state index in [0.29, 0.717) is 30.3 Å². The van der Waals surface area contributed by atoms with Crippen LogP contribution in [0.25, 0.3) is 11.1 Å². The zero-order chi connectivity index (χ0) is 21.8. The largest absolute Gasteiger partial charge is 0.393 e. The molecule has 1 N–H and O–H groups in total. The molecule has 31 heavy (non-hydrogen) atoms. The van der Waals surface area contributed by atoms with Gasteiger partial charge in [-0.15, -0.1) is 0 Å². The molecule has 2 aliphatic rings. The first-order valence-corrected chi connectivity index (χ1v) is 10.4. The summed E-state index contributed by atoms with van der Waals surface area (Å²) in [6.45, 7) is 5.75. The van der Waals surface area contributed by atoms with Gasteiger partial charge in [0.05, 0.1) is 18.9 Å². The Labute approximate surface area is 180 Å². The maximum atomic E-state index is 14.4. The molecule has 0 aliphatic carbocycles. The van der Waals surface area contributed by atoms with Crippen molar-refractivity contribution in [3.8, 4) is 11.1 Å². The number of nitrogens with zero attached hydrogens (tertiary/aromatic N) is 4. The number of hydrogen-bond acceptors (Lipinski definition) is 8. The zero-order valence-electron chi connectivity index (χ0n) is 17.8. The molecule has 2 aliphatic heterocycles. The molecular formula is C22H27FN4O4. The highest BCUT2D eigenvalue weighted by atomic mass is 19.1. The van der Waals surface area contributed by atoms with Crippen LogP contribution in [0, 0.1) is 5.82 Å². The molecule has 2 saturated heterocycles. The summed E-state index contributed by atoms with van der Waals surface area (Å²) in [5.41, 5.74) is 2.20. The van der Waals surface area contributed by atoms with Gasteiger partial charge < -0.3 is 24.3 Å². The second-order valence-corrected chi connectivity index (χ2v) is 8.10. The molecule has 3 heterocycles. The van der Waals surface area contributed by atoms with E-state index >= 15 is 0 Å². The van der Waals surface area contributed by atoms with E-state index in [9.17, 15) is 9.50 Å². The van der Waals surface area contributed by atoms with Crippen molar-refractivity contribution in [3.05, 3.63) is 42.0 Å². The molecule has 1 aromatic carbocycles. The fourth-order valence-corrected chi connectivity index (χ4v) is 3.66. The lowest BCUT2D eigenvalue weighted by molar-refractivity contribution is -0.145. The van der Waals surface area contributed by atoms with Crippen LogP contribution in [0.3, 0.4) is 0 Å². The van der Waals surface area contributed by atoms with Gasteiger partial charge in [0.15, 0.2) is 5.79 Å². The van der Waals surface area contributed by atoms with E-state index in [1.54, 1.807) is 30.6 Å². The summed E-state index contributed by atoms with van der Waals surface area (Å²) in [5.74, 6) is -0.408. The number of aliphatic hydroxyl groups excluding tert-OH is 1. The summed E-state index contributed by atoms with van der Waals surface area (Å²) in [6.07, 6.45) is 4.63. The fraction of sp³-hybridized carbons (Fsp3) is 0.500. The molecule has 1 aromatic heterocycles. The normalized spacial score (nSPS) is 20.7. The van der Waals surface area contributed by atoms with Crippen LogP contribution in [-0.2, 0) is 20.9 Å². The van der Waals surface area contributed by atoms with Crippen LogP contribution < -0.4 is 4.90 Å². The highest BCUT2D eigenvalue weighted by molar-refractivity contribution is 5.86. The van der Waals surface area contributed by atoms with Gasteiger partial charge in [-0.05, 0) is 13.8 Å². The predicted molar refractivity (Wildman–Crippen MR) is 113 cm³/mol. The van der Waals surface area contributed by atoms with Gasteiger partial charge in [-0.3, -0.25) is 0 Å². The monoisotopic (exact) mass is 430 g/mol. The summed E-state index contributed by atoms with van der Waals surface area (Å²) < 4.78 is 25.6. The highest BCUT2D eigenvalue weighted by Crippen LogP contribution is 2.25. The predicted octanol–water partition coefficient (Wildman–Crippen LogP) is 2.90. The number of aromatic nitrogens is 2. The maximum Gasteiger partial charge on any atom is 0.225 e. The first-order valence-electron chi connectivity index (χ1n) is 10.4. The SMILES string of the molecule is CC1(C)OCC(CON=C2CCN(c3ncc(-c4cccc(CO)c4F)cn3)CC2)O1. The Kier molecular flexibility index (Phi) is 6.45. The van der Waals surface area contributed by atoms with Crippen LogP contribution in [0.4, 0.5) is 10.3 Å². The van der Waals surface area contributed by atoms with Gasteiger partial charge in [0, 0.05) is 55.0 Å². The minimum Gasteiger partial charge on any atom is -0.393 e. The molecule has 0 bridgehead atoms. The van der Waals surface area contributed by atoms with Crippen LogP contribution in [0.5, 0.6) is 0 Å². The molecule has 2 aromatic rings. The average Bonchev–Trinajstić information content (AvgIpc) is 3.13. The third-order valence-corrected chi connectivity index (χ3v) is 5.34. The smallest absolute Gasteiger partial charge is 0.225 e. The molecule has 1 unspecified atom stereocenters. The molecule has 0 saturated carbocycles. The van der Waals surface area contributed by atoms with Crippen molar-refractivity contribution >= 4 is 11.7 Å². The number of piperidine rings is 1. The fourth-order valence-electron chi connectivity index (χ4n) is 3.66. The van der Waals surface area contributed by atoms with Crippen molar-refractivity contribution in [1.82, 2.24) is 9.97 Å². The molecule has 166 valence electrons. The number of anilines is 1. The summed E-state index contributed by atoms with van der Waals surface area (Å²) in [5, 5.41) is 13.5. The number of oxime groups is 1. The highest BCUT2D eigenvalue weighted by Gasteiger charge is 2.33. The molecule has 4 rings (SSSR count). The Morgan fingerprint density at radius 3 is 2.65 bits per heavy atom. The molecule has 8 nitrogen and oxygen atoms in total. The Balaban J connectivity index is 1.30. The van der Waals surface area contributed by atoms with Crippen LogP contribution in [-0.4, -0.2) is 59.0 Å². The first-order chi connectivity index (χ1) is 14.9. The lowest BCUT2D eigenvalue weighted by Crippen LogP contribution is -2.35. The van der Waals surface area contributed by atoms with Crippen molar-refractivity contribution in [1.29, 1.82) is 0 Å². The van der Waals surface area contributed by atoms with Gasteiger partial charge in [0.2, 0.25) is 5.95 Å². The summed E-state index contributed by atoms with van der Waals surface area (Å²) in [6, 6.07) is 4.92. The topological polar surface area (TPSA) is 89.3 Å². The van der Waals surface area contributed by atoms with Gasteiger partial charge in [-0.25, -0.2) is 14.4 Å². The Morgan fingerprint density at radius 2 is 2.00 bits per heavy atom. The van der Waals surface area contributed by atoms with Gasteiger partial charge in [0.25, 0.3) is 0 Å². The van der Waals surface area contributed by atoms with Crippen molar-refractivity contribution in [2.24, 2.45) is 5.16 Å². The van der Waals surface area contributed by atoms with Gasteiger partial charge >= 0.3 is 0 Å². The summed E-state index contributed by atoms with van der Waals surface area (Å²) in [4.78, 5) is 16.4. The maximum absolute atomic E-state index is 14.4. The standard InChI is InChI=1S/C22H27FN4O4/c1-22(2)29-13-18(31-22)14-30-26-17-6-8-27(9-7-17)21-24-10-16(11-25-21)19-5-3-4-15(12-28)20(19)23/h3-5,10-11,18,28H,6-9,12-14H2,1-2H3. The minimum atomic E-state index is -0.560. The van der Waals surface area contributed by atoms with Crippen molar-refractivity contribution < 1.29 is 23.8 Å². The number of benzene rings is 1. The van der Waals surface area contributed by atoms with Gasteiger partial charge in [-0.1, -0.05) is 23.4 Å². The molecule has 0 radical (unpaired) electrons. The summed E-state index contributed by atoms with van der Waals surface area (Å²) >= 11 is 0. The number of ether oxygens (including phenoxy) is 2. The summed E-state index contributed by atoms with van der Waals surface area (Å²) in [7, 11) is 0. The quantitative estimate of drug-likeness (QED) is 0.705. The Morgan fingerprint density at radius 1 is 1.26 bits per heavy atom. The van der Waals surface area contributed by atoms with E-state index in [1.165, 1.54) is 0 Å². The van der Waals surface area contributed by atoms with Gasteiger partial charge in [-0.2, -0.15) is 0 Å². The van der Waals surface area contributed by atoms with Crippen molar-refractivity contribution in [2.45, 2.75) is 45.2 Å². The van der Waals surface area contributed by atoms with E-state index < -0.39 is 11.6 Å². The molecular weight excluding hydrogens is 403 g/mol. The number of rotatable bonds is 6. The van der Waals surface area contributed by atoms with Crippen LogP contribution in [0.15, 0.2) is 35.7 Å². The molecule has 2 fully saturated rings. The third-order valence-electron chi connectivity index (χ3n) is 5.34. The Hall–Kier alpha value is -2.62. The second-order valence-electron chi connectivity index (χ2n) is 8.10. The van der Waals surface area contributed by atoms with Gasteiger partial charge in [0.1, 0.15) is 18.5 Å². The third kappa shape index (κ3) is 5.17. The second kappa shape index (κ2) is 9.25. The minimum absolute atomic E-state index is 0.103. The van der Waals surface area contributed by atoms with Crippen LogP contribution >= 0.6 is 0 Å². The van der Waals surface area contributed by atoms with E-state index in [-0.39, 0.29) is 18.3 Å².